The molecule has 1 N–H and O–H groups in total. The van der Waals surface area contributed by atoms with E-state index in [-0.39, 0.29) is 6.04 Å². The maximum atomic E-state index is 6.34. The van der Waals surface area contributed by atoms with Gasteiger partial charge in [-0.3, -0.25) is 4.68 Å². The van der Waals surface area contributed by atoms with Crippen LogP contribution >= 0.6 is 27.5 Å². The van der Waals surface area contributed by atoms with Crippen molar-refractivity contribution in [3.8, 4) is 0 Å². The minimum Gasteiger partial charge on any atom is -0.309 e. The van der Waals surface area contributed by atoms with Gasteiger partial charge in [0, 0.05) is 22.8 Å². The summed E-state index contributed by atoms with van der Waals surface area (Å²) in [6.07, 6.45) is 3.92. The highest BCUT2D eigenvalue weighted by Gasteiger charge is 2.17. The first-order valence-electron chi connectivity index (χ1n) is 5.81. The van der Waals surface area contributed by atoms with Crippen LogP contribution in [0.5, 0.6) is 0 Å². The van der Waals surface area contributed by atoms with Crippen molar-refractivity contribution in [1.82, 2.24) is 15.1 Å². The number of hydrogen-bond donors (Lipinski definition) is 1. The van der Waals surface area contributed by atoms with E-state index in [1.54, 1.807) is 0 Å². The van der Waals surface area contributed by atoms with Crippen molar-refractivity contribution in [2.45, 2.75) is 19.5 Å². The topological polar surface area (TPSA) is 29.9 Å². The smallest absolute Gasteiger partial charge is 0.0620 e. The predicted octanol–water partition coefficient (Wildman–Crippen LogP) is 3.63. The van der Waals surface area contributed by atoms with Crippen molar-refractivity contribution in [2.75, 3.05) is 7.05 Å². The van der Waals surface area contributed by atoms with Crippen LogP contribution in [0.4, 0.5) is 0 Å². The van der Waals surface area contributed by atoms with Crippen LogP contribution in [0.25, 0.3) is 0 Å². The summed E-state index contributed by atoms with van der Waals surface area (Å²) < 4.78 is 2.82. The van der Waals surface area contributed by atoms with Crippen molar-refractivity contribution in [1.29, 1.82) is 0 Å². The molecule has 0 bridgehead atoms. The van der Waals surface area contributed by atoms with Crippen LogP contribution in [0.3, 0.4) is 0 Å². The van der Waals surface area contributed by atoms with E-state index in [0.29, 0.717) is 0 Å². The average molecular weight is 329 g/mol. The van der Waals surface area contributed by atoms with Gasteiger partial charge in [-0.1, -0.05) is 23.7 Å². The Morgan fingerprint density at radius 2 is 2.28 bits per heavy atom. The molecule has 1 aromatic heterocycles. The molecular formula is C13H15BrClN3. The molecule has 2 rings (SSSR count). The molecule has 0 aliphatic heterocycles. The van der Waals surface area contributed by atoms with Gasteiger partial charge in [0.2, 0.25) is 0 Å². The number of aryl methyl sites for hydroxylation is 1. The minimum absolute atomic E-state index is 0.0512. The Kier molecular flexibility index (Phi) is 4.43. The number of halogens is 2. The molecule has 0 fully saturated rings. The number of hydrogen-bond acceptors (Lipinski definition) is 2. The summed E-state index contributed by atoms with van der Waals surface area (Å²) in [5.41, 5.74) is 2.16. The zero-order valence-corrected chi connectivity index (χ0v) is 12.7. The van der Waals surface area contributed by atoms with Gasteiger partial charge >= 0.3 is 0 Å². The Bertz CT molecular complexity index is 539. The molecule has 0 aliphatic rings. The molecule has 1 unspecified atom stereocenters. The summed E-state index contributed by atoms with van der Waals surface area (Å²) >= 11 is 9.80. The first kappa shape index (κ1) is 13.6. The van der Waals surface area contributed by atoms with E-state index in [0.717, 1.165) is 27.2 Å². The molecule has 1 aromatic carbocycles. The van der Waals surface area contributed by atoms with Crippen LogP contribution in [0.2, 0.25) is 5.02 Å². The van der Waals surface area contributed by atoms with Crippen LogP contribution in [-0.2, 0) is 6.54 Å². The van der Waals surface area contributed by atoms with Crippen molar-refractivity contribution in [3.63, 3.8) is 0 Å². The normalized spacial score (nSPS) is 12.7. The fourth-order valence-corrected chi connectivity index (χ4v) is 2.56. The maximum absolute atomic E-state index is 6.34. The lowest BCUT2D eigenvalue weighted by atomic mass is 10.0. The van der Waals surface area contributed by atoms with Crippen molar-refractivity contribution >= 4 is 27.5 Å². The van der Waals surface area contributed by atoms with Crippen LogP contribution in [0.1, 0.15) is 24.1 Å². The van der Waals surface area contributed by atoms with Gasteiger partial charge in [0.05, 0.1) is 17.3 Å². The Hall–Kier alpha value is -0.840. The third-order valence-corrected chi connectivity index (χ3v) is 4.20. The molecule has 0 saturated heterocycles. The molecule has 1 heterocycles. The van der Waals surface area contributed by atoms with Gasteiger partial charge in [-0.15, -0.1) is 0 Å². The Labute approximate surface area is 120 Å². The first-order valence-corrected chi connectivity index (χ1v) is 6.98. The highest BCUT2D eigenvalue weighted by atomic mass is 79.9. The van der Waals surface area contributed by atoms with Gasteiger partial charge in [-0.05, 0) is 41.5 Å². The molecule has 0 spiro atoms. The van der Waals surface area contributed by atoms with Gasteiger partial charge in [-0.2, -0.15) is 5.10 Å². The van der Waals surface area contributed by atoms with Crippen LogP contribution in [-0.4, -0.2) is 16.8 Å². The second-order valence-corrected chi connectivity index (χ2v) is 5.23. The molecular weight excluding hydrogens is 314 g/mol. The molecule has 0 saturated carbocycles. The number of aromatic nitrogens is 2. The van der Waals surface area contributed by atoms with Gasteiger partial charge in [0.1, 0.15) is 0 Å². The van der Waals surface area contributed by atoms with Crippen molar-refractivity contribution in [3.05, 3.63) is 51.2 Å². The van der Waals surface area contributed by atoms with Crippen molar-refractivity contribution < 1.29 is 0 Å². The molecule has 1 atom stereocenters. The molecule has 3 nitrogen and oxygen atoms in total. The largest absolute Gasteiger partial charge is 0.309 e. The number of benzene rings is 1. The van der Waals surface area contributed by atoms with E-state index in [1.165, 1.54) is 0 Å². The number of nitrogens with one attached hydrogen (secondary N) is 1. The van der Waals surface area contributed by atoms with E-state index in [1.807, 2.05) is 42.3 Å². The summed E-state index contributed by atoms with van der Waals surface area (Å²) in [5.74, 6) is 0. The Morgan fingerprint density at radius 3 is 2.89 bits per heavy atom. The lowest BCUT2D eigenvalue weighted by Gasteiger charge is -2.17. The monoisotopic (exact) mass is 327 g/mol. The summed E-state index contributed by atoms with van der Waals surface area (Å²) in [7, 11) is 1.92. The zero-order chi connectivity index (χ0) is 13.1. The van der Waals surface area contributed by atoms with Gasteiger partial charge < -0.3 is 5.32 Å². The van der Waals surface area contributed by atoms with Gasteiger partial charge in [0.15, 0.2) is 0 Å². The SMILES string of the molecule is CCn1cc(C(NC)c2cccc(Br)c2Cl)cn1. The van der Waals surface area contributed by atoms with Gasteiger partial charge in [0.25, 0.3) is 0 Å². The summed E-state index contributed by atoms with van der Waals surface area (Å²) in [5, 5.41) is 8.32. The highest BCUT2D eigenvalue weighted by Crippen LogP contribution is 2.32. The van der Waals surface area contributed by atoms with Crippen LogP contribution in [0, 0.1) is 0 Å². The first-order chi connectivity index (χ1) is 8.67. The lowest BCUT2D eigenvalue weighted by Crippen LogP contribution is -2.17. The van der Waals surface area contributed by atoms with E-state index < -0.39 is 0 Å². The van der Waals surface area contributed by atoms with Crippen LogP contribution < -0.4 is 5.32 Å². The second kappa shape index (κ2) is 5.87. The van der Waals surface area contributed by atoms with Crippen LogP contribution in [0.15, 0.2) is 35.1 Å². The van der Waals surface area contributed by atoms with Crippen molar-refractivity contribution in [2.24, 2.45) is 0 Å². The standard InChI is InChI=1S/C13H15BrClN3/c1-3-18-8-9(7-17-18)13(16-2)10-5-4-6-11(14)12(10)15/h4-8,13,16H,3H2,1-2H3. The Morgan fingerprint density at radius 1 is 1.50 bits per heavy atom. The average Bonchev–Trinajstić information content (AvgIpc) is 2.84. The zero-order valence-electron chi connectivity index (χ0n) is 10.3. The molecule has 96 valence electrons. The summed E-state index contributed by atoms with van der Waals surface area (Å²) in [6.45, 7) is 2.93. The predicted molar refractivity (Wildman–Crippen MR) is 78.0 cm³/mol. The molecule has 0 amide bonds. The summed E-state index contributed by atoms with van der Waals surface area (Å²) in [6, 6.07) is 6.00. The molecule has 2 aromatic rings. The lowest BCUT2D eigenvalue weighted by molar-refractivity contribution is 0.653. The number of rotatable bonds is 4. The van der Waals surface area contributed by atoms with E-state index in [4.69, 9.17) is 11.6 Å². The van der Waals surface area contributed by atoms with E-state index in [9.17, 15) is 0 Å². The molecule has 0 aliphatic carbocycles. The fraction of sp³-hybridized carbons (Fsp3) is 0.308. The molecule has 0 radical (unpaired) electrons. The quantitative estimate of drug-likeness (QED) is 0.929. The molecule has 5 heteroatoms. The minimum atomic E-state index is 0.0512. The van der Waals surface area contributed by atoms with Gasteiger partial charge in [-0.25, -0.2) is 0 Å². The second-order valence-electron chi connectivity index (χ2n) is 3.99. The fourth-order valence-electron chi connectivity index (χ4n) is 1.95. The third kappa shape index (κ3) is 2.60. The number of nitrogens with zero attached hydrogens (tertiary/aromatic N) is 2. The van der Waals surface area contributed by atoms with E-state index in [2.05, 4.69) is 33.3 Å². The third-order valence-electron chi connectivity index (χ3n) is 2.89. The Balaban J connectivity index is 2.41. The van der Waals surface area contributed by atoms with E-state index >= 15 is 0 Å². The maximum Gasteiger partial charge on any atom is 0.0620 e. The summed E-state index contributed by atoms with van der Waals surface area (Å²) in [4.78, 5) is 0. The molecule has 18 heavy (non-hydrogen) atoms. The highest BCUT2D eigenvalue weighted by molar-refractivity contribution is 9.10.